The Balaban J connectivity index is 1.26. The molecule has 0 saturated heterocycles. The van der Waals surface area contributed by atoms with Crippen molar-refractivity contribution in [1.29, 1.82) is 0 Å². The fourth-order valence-electron chi connectivity index (χ4n) is 11.7. The van der Waals surface area contributed by atoms with Crippen LogP contribution in [0.15, 0.2) is 163 Å². The summed E-state index contributed by atoms with van der Waals surface area (Å²) < 4.78 is 13.7. The summed E-state index contributed by atoms with van der Waals surface area (Å²) in [5, 5.41) is 103. The number of aliphatic hydroxyl groups excluding tert-OH is 1. The summed E-state index contributed by atoms with van der Waals surface area (Å²) in [6.45, 7) is 0. The molecule has 2 aliphatic heterocycles. The second kappa shape index (κ2) is 14.9. The van der Waals surface area contributed by atoms with Gasteiger partial charge in [0.15, 0.2) is 5.78 Å². The number of rotatable bonds is 5. The summed E-state index contributed by atoms with van der Waals surface area (Å²) >= 11 is 0. The third kappa shape index (κ3) is 6.17. The van der Waals surface area contributed by atoms with Crippen molar-refractivity contribution in [2.75, 3.05) is 0 Å². The molecular weight excluding hydrogens is 865 g/mol. The van der Waals surface area contributed by atoms with Crippen LogP contribution in [0.2, 0.25) is 0 Å². The molecule has 7 aromatic rings. The van der Waals surface area contributed by atoms with Gasteiger partial charge < -0.3 is 55.4 Å². The number of hydrogen-bond acceptors (Lipinski definition) is 12. The molecule has 3 aliphatic carbocycles. The van der Waals surface area contributed by atoms with Gasteiger partial charge in [0.2, 0.25) is 0 Å². The van der Waals surface area contributed by atoms with E-state index in [0.29, 0.717) is 78.3 Å². The van der Waals surface area contributed by atoms with Gasteiger partial charge >= 0.3 is 0 Å². The molecule has 0 radical (unpaired) electrons. The molecule has 2 heterocycles. The molecule has 0 saturated carbocycles. The van der Waals surface area contributed by atoms with Crippen molar-refractivity contribution in [3.05, 3.63) is 218 Å². The number of benzene rings is 7. The van der Waals surface area contributed by atoms with Crippen molar-refractivity contribution < 1.29 is 60.2 Å². The molecular formula is C56H40O12. The predicted molar refractivity (Wildman–Crippen MR) is 248 cm³/mol. The minimum Gasteiger partial charge on any atom is -0.508 e. The molecule has 0 fully saturated rings. The molecule has 0 aromatic heterocycles. The molecule has 7 atom stereocenters. The Morgan fingerprint density at radius 1 is 0.397 bits per heavy atom. The third-order valence-electron chi connectivity index (χ3n) is 14.2. The number of ether oxygens (including phenoxy) is 2. The Bertz CT molecular complexity index is 3370. The number of carbonyl (C=O) groups is 1. The maximum atomic E-state index is 13.8. The Morgan fingerprint density at radius 2 is 0.853 bits per heavy atom. The molecule has 0 spiro atoms. The Labute approximate surface area is 387 Å². The number of aliphatic hydroxyl groups is 1. The highest BCUT2D eigenvalue weighted by atomic mass is 16.5. The zero-order valence-electron chi connectivity index (χ0n) is 35.6. The third-order valence-corrected chi connectivity index (χ3v) is 14.2. The van der Waals surface area contributed by atoms with Gasteiger partial charge in [-0.05, 0) is 123 Å². The highest BCUT2D eigenvalue weighted by Gasteiger charge is 2.54. The molecule has 0 bridgehead atoms. The summed E-state index contributed by atoms with van der Waals surface area (Å²) in [5.74, 6) is -5.60. The first-order valence-electron chi connectivity index (χ1n) is 22.0. The number of phenolic OH excluding ortho intramolecular Hbond substituents is 8. The predicted octanol–water partition coefficient (Wildman–Crippen LogP) is 10.2. The van der Waals surface area contributed by atoms with Crippen molar-refractivity contribution in [2.45, 2.75) is 41.8 Å². The quantitative estimate of drug-likeness (QED) is 0.0788. The normalized spacial score (nSPS) is 22.9. The van der Waals surface area contributed by atoms with E-state index in [1.807, 2.05) is 0 Å². The molecule has 12 rings (SSSR count). The minimum atomic E-state index is -1.02. The van der Waals surface area contributed by atoms with Gasteiger partial charge in [0, 0.05) is 64.3 Å². The van der Waals surface area contributed by atoms with Crippen LogP contribution in [0.4, 0.5) is 0 Å². The average Bonchev–Trinajstić information content (AvgIpc) is 3.81. The number of allylic oxidation sites excluding steroid dienone is 4. The lowest BCUT2D eigenvalue weighted by Gasteiger charge is -2.38. The van der Waals surface area contributed by atoms with E-state index in [4.69, 9.17) is 9.47 Å². The first kappa shape index (κ1) is 40.7. The van der Waals surface area contributed by atoms with Crippen molar-refractivity contribution in [3.8, 4) is 57.5 Å². The van der Waals surface area contributed by atoms with Gasteiger partial charge in [-0.15, -0.1) is 0 Å². The minimum absolute atomic E-state index is 0.0189. The van der Waals surface area contributed by atoms with E-state index < -0.39 is 47.6 Å². The smallest absolute Gasteiger partial charge is 0.182 e. The molecule has 7 aromatic carbocycles. The van der Waals surface area contributed by atoms with E-state index >= 15 is 0 Å². The lowest BCUT2D eigenvalue weighted by atomic mass is 9.64. The monoisotopic (exact) mass is 904 g/mol. The zero-order valence-corrected chi connectivity index (χ0v) is 35.6. The van der Waals surface area contributed by atoms with Gasteiger partial charge in [0.1, 0.15) is 75.5 Å². The van der Waals surface area contributed by atoms with E-state index in [2.05, 4.69) is 0 Å². The summed E-state index contributed by atoms with van der Waals surface area (Å²) in [5.41, 5.74) is 6.62. The van der Waals surface area contributed by atoms with E-state index in [-0.39, 0.29) is 57.3 Å². The van der Waals surface area contributed by atoms with Crippen LogP contribution in [-0.4, -0.2) is 51.7 Å². The van der Waals surface area contributed by atoms with Crippen LogP contribution in [0.1, 0.15) is 97.4 Å². The van der Waals surface area contributed by atoms with Crippen LogP contribution in [0.25, 0.3) is 5.57 Å². The number of fused-ring (bicyclic) bond motifs is 4. The first-order valence-corrected chi connectivity index (χ1v) is 22.0. The van der Waals surface area contributed by atoms with Crippen LogP contribution in [0, 0.1) is 0 Å². The Morgan fingerprint density at radius 3 is 1.41 bits per heavy atom. The first-order chi connectivity index (χ1) is 32.8. The van der Waals surface area contributed by atoms with Gasteiger partial charge in [-0.2, -0.15) is 0 Å². The number of aromatic hydroxyl groups is 8. The number of hydrogen-bond donors (Lipinski definition) is 9. The maximum absolute atomic E-state index is 13.8. The second-order valence-electron chi connectivity index (χ2n) is 18.0. The molecule has 0 amide bonds. The highest BCUT2D eigenvalue weighted by molar-refractivity contribution is 6.05. The molecule has 336 valence electrons. The SMILES string of the molecule is O=C1C=C(O)C2=C(c3ccc(O)cc3)[C@@H](C3c4cc(O)cc5c4[C@@H](c4cc(O)cc(O)c4[C@@H]3c3ccc(O)cc3)[C@H](c3ccc(O)cc3)O5)c3cc(O)cc4c3[C@@H](C2=C1)[C@H](c1ccc(O)cc1)O4. The van der Waals surface area contributed by atoms with Crippen LogP contribution in [-0.2, 0) is 4.79 Å². The molecule has 1 unspecified atom stereocenters. The van der Waals surface area contributed by atoms with Crippen molar-refractivity contribution in [3.63, 3.8) is 0 Å². The molecule has 12 nitrogen and oxygen atoms in total. The Kier molecular flexibility index (Phi) is 8.91. The maximum Gasteiger partial charge on any atom is 0.182 e. The molecule has 5 aliphatic rings. The van der Waals surface area contributed by atoms with Crippen LogP contribution in [0.5, 0.6) is 57.5 Å². The van der Waals surface area contributed by atoms with Gasteiger partial charge in [-0.25, -0.2) is 0 Å². The number of phenols is 8. The molecule has 68 heavy (non-hydrogen) atoms. The van der Waals surface area contributed by atoms with E-state index in [1.54, 1.807) is 66.7 Å². The summed E-state index contributed by atoms with van der Waals surface area (Å²) in [4.78, 5) is 13.8. The fraction of sp³-hybridized carbons (Fsp3) is 0.125. The van der Waals surface area contributed by atoms with Crippen LogP contribution < -0.4 is 9.47 Å². The second-order valence-corrected chi connectivity index (χ2v) is 18.0. The standard InChI is InChI=1S/C56H40O12/c57-29-9-1-25(2-10-29)45-47-37(17-33(61)21-41(47)65)53-49-39(19-35(63)23-43(49)67-55(53)27-5-13-31(59)14-6-27)51(45)52-40-20-36(64)24-44-50(40)54(56(68-44)28-7-15-32(60)16-8-28)38-18-34(62)22-42(66)48(38)46(52)26-3-11-30(58)12-4-26/h1-24,45,51-61,63-66H/t45-,51?,52-,53+,54+,55-,56-/m0/s1. The largest absolute Gasteiger partial charge is 0.508 e. The molecule has 9 N–H and O–H groups in total. The lowest BCUT2D eigenvalue weighted by molar-refractivity contribution is -0.110. The van der Waals surface area contributed by atoms with Crippen molar-refractivity contribution in [2.24, 2.45) is 0 Å². The van der Waals surface area contributed by atoms with Gasteiger partial charge in [0.25, 0.3) is 0 Å². The van der Waals surface area contributed by atoms with E-state index in [0.717, 1.165) is 6.08 Å². The highest BCUT2D eigenvalue weighted by Crippen LogP contribution is 2.68. The fourth-order valence-corrected chi connectivity index (χ4v) is 11.7. The molecule has 12 heteroatoms. The summed E-state index contributed by atoms with van der Waals surface area (Å²) in [6, 6.07) is 35.1. The summed E-state index contributed by atoms with van der Waals surface area (Å²) in [7, 11) is 0. The van der Waals surface area contributed by atoms with Crippen LogP contribution >= 0.6 is 0 Å². The number of ketones is 1. The van der Waals surface area contributed by atoms with E-state index in [9.17, 15) is 50.8 Å². The van der Waals surface area contributed by atoms with Crippen LogP contribution in [0.3, 0.4) is 0 Å². The Hall–Kier alpha value is -8.77. The summed E-state index contributed by atoms with van der Waals surface area (Å²) in [6.07, 6.45) is 0.934. The van der Waals surface area contributed by atoms with Gasteiger partial charge in [-0.3, -0.25) is 4.79 Å². The number of carbonyl (C=O) groups excluding carboxylic acids is 1. The zero-order chi connectivity index (χ0) is 46.9. The van der Waals surface area contributed by atoms with E-state index in [1.165, 1.54) is 72.8 Å². The van der Waals surface area contributed by atoms with Crippen molar-refractivity contribution >= 4 is 11.4 Å². The van der Waals surface area contributed by atoms with Gasteiger partial charge in [-0.1, -0.05) is 48.5 Å². The lowest BCUT2D eigenvalue weighted by Crippen LogP contribution is -2.23. The van der Waals surface area contributed by atoms with Gasteiger partial charge in [0.05, 0.1) is 11.8 Å². The topological polar surface area (TPSA) is 218 Å². The van der Waals surface area contributed by atoms with Crippen molar-refractivity contribution in [1.82, 2.24) is 0 Å². The average molecular weight is 905 g/mol.